The molecule has 2 aromatic heterocycles. The minimum absolute atomic E-state index is 0.0756. The van der Waals surface area contributed by atoms with Crippen LogP contribution in [0.25, 0.3) is 0 Å². The molecule has 0 saturated heterocycles. The average Bonchev–Trinajstić information content (AvgIpc) is 3.07. The monoisotopic (exact) mass is 410 g/mol. The number of methoxy groups -OCH3 is 1. The zero-order valence-corrected chi connectivity index (χ0v) is 17.3. The van der Waals surface area contributed by atoms with Gasteiger partial charge in [-0.25, -0.2) is 13.4 Å². The first kappa shape index (κ1) is 21.9. The lowest BCUT2D eigenvalue weighted by molar-refractivity contribution is 0.101. The normalized spacial score (nSPS) is 11.6. The average molecular weight is 410 g/mol. The molecule has 0 atom stereocenters. The molecule has 0 bridgehead atoms. The number of sulfonamides is 1. The Balaban J connectivity index is 2.24. The molecule has 0 radical (unpaired) electrons. The molecule has 0 fully saturated rings. The van der Waals surface area contributed by atoms with Crippen molar-refractivity contribution in [2.75, 3.05) is 38.7 Å². The Morgan fingerprint density at radius 3 is 2.64 bits per heavy atom. The van der Waals surface area contributed by atoms with Crippen LogP contribution in [0.2, 0.25) is 0 Å². The Hall–Kier alpha value is -2.43. The van der Waals surface area contributed by atoms with E-state index in [1.54, 1.807) is 46.3 Å². The van der Waals surface area contributed by atoms with Gasteiger partial charge in [-0.1, -0.05) is 13.8 Å². The summed E-state index contributed by atoms with van der Waals surface area (Å²) < 4.78 is 38.6. The van der Waals surface area contributed by atoms with Crippen molar-refractivity contribution >= 4 is 21.6 Å². The number of aryl methyl sites for hydroxylation is 1. The van der Waals surface area contributed by atoms with Crippen molar-refractivity contribution in [3.63, 3.8) is 0 Å². The van der Waals surface area contributed by atoms with Gasteiger partial charge >= 0.3 is 0 Å². The molecular formula is C18H26N4O5S. The van der Waals surface area contributed by atoms with Crippen molar-refractivity contribution in [3.05, 3.63) is 36.3 Å². The zero-order valence-electron chi connectivity index (χ0n) is 16.5. The summed E-state index contributed by atoms with van der Waals surface area (Å²) in [6.45, 7) is 4.91. The van der Waals surface area contributed by atoms with Crippen LogP contribution in [0.5, 0.6) is 5.88 Å². The summed E-state index contributed by atoms with van der Waals surface area (Å²) in [6.07, 6.45) is 2.98. The number of amides is 1. The van der Waals surface area contributed by atoms with Gasteiger partial charge in [-0.2, -0.15) is 4.31 Å². The van der Waals surface area contributed by atoms with E-state index in [1.165, 1.54) is 21.1 Å². The van der Waals surface area contributed by atoms with Crippen LogP contribution in [0.3, 0.4) is 0 Å². The third-order valence-corrected chi connectivity index (χ3v) is 6.12. The van der Waals surface area contributed by atoms with Crippen LogP contribution >= 0.6 is 0 Å². The predicted octanol–water partition coefficient (Wildman–Crippen LogP) is 1.73. The number of nitrogens with one attached hydrogen (secondary N) is 1. The van der Waals surface area contributed by atoms with E-state index in [1.807, 2.05) is 0 Å². The Labute approximate surface area is 165 Å². The lowest BCUT2D eigenvalue weighted by atomic mass is 10.3. The maximum atomic E-state index is 12.7. The van der Waals surface area contributed by atoms with Crippen LogP contribution in [0, 0.1) is 0 Å². The third kappa shape index (κ3) is 4.89. The van der Waals surface area contributed by atoms with Gasteiger partial charge in [-0.05, 0) is 18.2 Å². The Morgan fingerprint density at radius 1 is 1.29 bits per heavy atom. The fourth-order valence-corrected chi connectivity index (χ4v) is 4.15. The lowest BCUT2D eigenvalue weighted by Crippen LogP contribution is -2.30. The number of ether oxygens (including phenoxy) is 2. The van der Waals surface area contributed by atoms with Crippen LogP contribution in [-0.4, -0.2) is 61.6 Å². The highest BCUT2D eigenvalue weighted by atomic mass is 32.2. The molecule has 10 heteroatoms. The summed E-state index contributed by atoms with van der Waals surface area (Å²) in [5, 5.41) is 2.72. The first-order chi connectivity index (χ1) is 13.3. The Kier molecular flexibility index (Phi) is 7.55. The van der Waals surface area contributed by atoms with Gasteiger partial charge in [0.15, 0.2) is 0 Å². The van der Waals surface area contributed by atoms with Crippen molar-refractivity contribution in [1.82, 2.24) is 13.9 Å². The van der Waals surface area contributed by atoms with E-state index >= 15 is 0 Å². The van der Waals surface area contributed by atoms with E-state index in [0.29, 0.717) is 25.4 Å². The van der Waals surface area contributed by atoms with Crippen LogP contribution < -0.4 is 10.1 Å². The molecule has 0 spiro atoms. The topological polar surface area (TPSA) is 103 Å². The van der Waals surface area contributed by atoms with Crippen molar-refractivity contribution in [2.24, 2.45) is 7.05 Å². The second-order valence-corrected chi connectivity index (χ2v) is 7.85. The van der Waals surface area contributed by atoms with E-state index in [2.05, 4.69) is 10.3 Å². The molecule has 0 saturated carbocycles. The van der Waals surface area contributed by atoms with Crippen molar-refractivity contribution in [1.29, 1.82) is 0 Å². The van der Waals surface area contributed by atoms with E-state index in [4.69, 9.17) is 9.47 Å². The molecule has 0 aliphatic heterocycles. The Morgan fingerprint density at radius 2 is 2.00 bits per heavy atom. The second kappa shape index (κ2) is 9.67. The van der Waals surface area contributed by atoms with E-state index in [9.17, 15) is 13.2 Å². The Bertz CT molecular complexity index is 906. The summed E-state index contributed by atoms with van der Waals surface area (Å²) in [7, 11) is -0.471. The maximum absolute atomic E-state index is 12.7. The fourth-order valence-electron chi connectivity index (χ4n) is 2.62. The molecule has 2 rings (SSSR count). The first-order valence-corrected chi connectivity index (χ1v) is 10.3. The van der Waals surface area contributed by atoms with Crippen LogP contribution in [0.1, 0.15) is 24.3 Å². The van der Waals surface area contributed by atoms with Gasteiger partial charge in [0.25, 0.3) is 5.91 Å². The summed E-state index contributed by atoms with van der Waals surface area (Å²) in [5.74, 6) is -0.203. The minimum atomic E-state index is -3.65. The van der Waals surface area contributed by atoms with Gasteiger partial charge in [0.1, 0.15) is 22.9 Å². The molecule has 2 heterocycles. The molecular weight excluding hydrogens is 384 g/mol. The van der Waals surface area contributed by atoms with E-state index < -0.39 is 15.9 Å². The molecule has 154 valence electrons. The van der Waals surface area contributed by atoms with Crippen molar-refractivity contribution in [3.8, 4) is 5.88 Å². The predicted molar refractivity (Wildman–Crippen MR) is 105 cm³/mol. The number of anilines is 1. The number of carbonyl (C=O) groups excluding carboxylic acids is 1. The molecule has 1 N–H and O–H groups in total. The van der Waals surface area contributed by atoms with Gasteiger partial charge in [0.05, 0.1) is 6.61 Å². The highest BCUT2D eigenvalue weighted by molar-refractivity contribution is 7.89. The SMILES string of the molecule is CCN(CC)S(=O)(=O)c1cc(C(=O)Nc2cccnc2OCCOC)n(C)c1. The number of pyridine rings is 1. The highest BCUT2D eigenvalue weighted by Gasteiger charge is 2.25. The van der Waals surface area contributed by atoms with Crippen LogP contribution in [0.15, 0.2) is 35.5 Å². The number of hydrogen-bond acceptors (Lipinski definition) is 6. The number of rotatable bonds is 10. The molecule has 9 nitrogen and oxygen atoms in total. The molecule has 0 aliphatic rings. The molecule has 1 amide bonds. The zero-order chi connectivity index (χ0) is 20.7. The summed E-state index contributed by atoms with van der Waals surface area (Å²) >= 11 is 0. The number of carbonyl (C=O) groups is 1. The van der Waals surface area contributed by atoms with Crippen molar-refractivity contribution < 1.29 is 22.7 Å². The lowest BCUT2D eigenvalue weighted by Gasteiger charge is -2.17. The van der Waals surface area contributed by atoms with Gasteiger partial charge in [-0.15, -0.1) is 0 Å². The second-order valence-electron chi connectivity index (χ2n) is 5.91. The van der Waals surface area contributed by atoms with Crippen molar-refractivity contribution in [2.45, 2.75) is 18.7 Å². The standard InChI is InChI=1S/C18H26N4O5S/c1-5-22(6-2)28(24,25)14-12-16(21(3)13-14)17(23)20-15-8-7-9-19-18(15)27-11-10-26-4/h7-9,12-13H,5-6,10-11H2,1-4H3,(H,20,23). The summed E-state index contributed by atoms with van der Waals surface area (Å²) in [6, 6.07) is 4.69. The fraction of sp³-hybridized carbons (Fsp3) is 0.444. The first-order valence-electron chi connectivity index (χ1n) is 8.89. The maximum Gasteiger partial charge on any atom is 0.272 e. The number of hydrogen-bond donors (Lipinski definition) is 1. The highest BCUT2D eigenvalue weighted by Crippen LogP contribution is 2.23. The smallest absolute Gasteiger partial charge is 0.272 e. The molecule has 2 aromatic rings. The number of aromatic nitrogens is 2. The number of nitrogens with zero attached hydrogens (tertiary/aromatic N) is 3. The minimum Gasteiger partial charge on any atom is -0.474 e. The molecule has 0 aliphatic carbocycles. The van der Waals surface area contributed by atoms with E-state index in [-0.39, 0.29) is 23.1 Å². The van der Waals surface area contributed by atoms with Gasteiger partial charge in [0.2, 0.25) is 15.9 Å². The molecule has 0 unspecified atom stereocenters. The van der Waals surface area contributed by atoms with E-state index in [0.717, 1.165) is 0 Å². The summed E-state index contributed by atoms with van der Waals surface area (Å²) in [5.41, 5.74) is 0.593. The van der Waals surface area contributed by atoms with Gasteiger partial charge < -0.3 is 19.4 Å². The summed E-state index contributed by atoms with van der Waals surface area (Å²) in [4.78, 5) is 16.9. The largest absolute Gasteiger partial charge is 0.474 e. The van der Waals surface area contributed by atoms with Crippen LogP contribution in [0.4, 0.5) is 5.69 Å². The molecule has 28 heavy (non-hydrogen) atoms. The van der Waals surface area contributed by atoms with Gasteiger partial charge in [0, 0.05) is 39.6 Å². The third-order valence-electron chi connectivity index (χ3n) is 4.10. The quantitative estimate of drug-likeness (QED) is 0.599. The van der Waals surface area contributed by atoms with Crippen LogP contribution in [-0.2, 0) is 21.8 Å². The van der Waals surface area contributed by atoms with Gasteiger partial charge in [-0.3, -0.25) is 4.79 Å². The molecule has 0 aromatic carbocycles.